The van der Waals surface area contributed by atoms with Crippen molar-refractivity contribution in [1.29, 1.82) is 0 Å². The maximum atomic E-state index is 12.8. The number of hydrogen-bond donors (Lipinski definition) is 2. The van der Waals surface area contributed by atoms with Crippen LogP contribution < -0.4 is 10.6 Å². The van der Waals surface area contributed by atoms with Gasteiger partial charge < -0.3 is 15.4 Å². The van der Waals surface area contributed by atoms with E-state index in [0.29, 0.717) is 0 Å². The lowest BCUT2D eigenvalue weighted by molar-refractivity contribution is 0.192. The summed E-state index contributed by atoms with van der Waals surface area (Å²) in [4.78, 5) is 5.69. The molecule has 136 valence electrons. The molecule has 0 unspecified atom stereocenters. The van der Waals surface area contributed by atoms with Crippen molar-refractivity contribution in [2.45, 2.75) is 37.5 Å². The summed E-state index contributed by atoms with van der Waals surface area (Å²) < 4.78 is 17.9. The molecule has 0 fully saturated rings. The molecule has 0 amide bonds. The van der Waals surface area contributed by atoms with Crippen LogP contribution in [0.15, 0.2) is 34.2 Å². The molecule has 0 spiro atoms. The van der Waals surface area contributed by atoms with E-state index >= 15 is 0 Å². The Morgan fingerprint density at radius 2 is 1.92 bits per heavy atom. The van der Waals surface area contributed by atoms with Crippen LogP contribution in [-0.2, 0) is 4.74 Å². The molecule has 0 aliphatic heterocycles. The van der Waals surface area contributed by atoms with Gasteiger partial charge in [0.05, 0.1) is 0 Å². The van der Waals surface area contributed by atoms with Gasteiger partial charge in [-0.25, -0.2) is 4.39 Å². The van der Waals surface area contributed by atoms with Crippen molar-refractivity contribution in [2.75, 3.05) is 39.1 Å². The van der Waals surface area contributed by atoms with Gasteiger partial charge in [0, 0.05) is 38.2 Å². The molecule has 24 heavy (non-hydrogen) atoms. The zero-order chi connectivity index (χ0) is 17.5. The van der Waals surface area contributed by atoms with Crippen molar-refractivity contribution in [3.63, 3.8) is 0 Å². The van der Waals surface area contributed by atoms with Gasteiger partial charge in [-0.1, -0.05) is 0 Å². The minimum Gasteiger partial charge on any atom is -0.385 e. The summed E-state index contributed by atoms with van der Waals surface area (Å²) in [7, 11) is 1.74. The first-order valence-electron chi connectivity index (χ1n) is 8.65. The average molecular weight is 356 g/mol. The molecule has 0 bridgehead atoms. The first kappa shape index (κ1) is 20.8. The summed E-state index contributed by atoms with van der Waals surface area (Å²) in [6, 6.07) is 6.64. The molecule has 4 nitrogen and oxygen atoms in total. The molecule has 2 N–H and O–H groups in total. The lowest BCUT2D eigenvalue weighted by Gasteiger charge is -2.11. The van der Waals surface area contributed by atoms with Crippen molar-refractivity contribution in [1.82, 2.24) is 10.6 Å². The second-order valence-electron chi connectivity index (χ2n) is 5.40. The van der Waals surface area contributed by atoms with Crippen molar-refractivity contribution in [3.05, 3.63) is 30.1 Å². The fourth-order valence-corrected chi connectivity index (χ4v) is 2.91. The molecule has 1 aromatic rings. The Kier molecular flexibility index (Phi) is 12.2. The Labute approximate surface area is 149 Å². The molecule has 0 aliphatic rings. The second-order valence-corrected chi connectivity index (χ2v) is 6.57. The first-order chi connectivity index (χ1) is 11.8. The number of halogens is 1. The Morgan fingerprint density at radius 3 is 2.62 bits per heavy atom. The number of nitrogens with zero attached hydrogens (tertiary/aromatic N) is 1. The number of nitrogens with one attached hydrogen (secondary N) is 2. The fraction of sp³-hybridized carbons (Fsp3) is 0.611. The molecule has 0 atom stereocenters. The van der Waals surface area contributed by atoms with Gasteiger partial charge in [0.15, 0.2) is 5.96 Å². The number of thioether (sulfide) groups is 1. The molecule has 0 heterocycles. The summed E-state index contributed by atoms with van der Waals surface area (Å²) in [5.41, 5.74) is 0. The van der Waals surface area contributed by atoms with Crippen LogP contribution in [-0.4, -0.2) is 45.1 Å². The number of aliphatic imine (C=N–C) groups is 1. The summed E-state index contributed by atoms with van der Waals surface area (Å²) in [6.45, 7) is 5.48. The number of benzene rings is 1. The largest absolute Gasteiger partial charge is 0.385 e. The van der Waals surface area contributed by atoms with E-state index in [9.17, 15) is 4.39 Å². The molecular formula is C18H30FN3OS. The van der Waals surface area contributed by atoms with E-state index in [2.05, 4.69) is 22.5 Å². The van der Waals surface area contributed by atoms with Gasteiger partial charge in [-0.15, -0.1) is 11.8 Å². The highest BCUT2D eigenvalue weighted by atomic mass is 32.2. The summed E-state index contributed by atoms with van der Waals surface area (Å²) in [6.07, 6.45) is 4.38. The van der Waals surface area contributed by atoms with Crippen LogP contribution in [0, 0.1) is 5.82 Å². The van der Waals surface area contributed by atoms with Crippen molar-refractivity contribution < 1.29 is 9.13 Å². The first-order valence-corrected chi connectivity index (χ1v) is 9.64. The standard InChI is InChI=1S/C18H30FN3OS/c1-3-20-18(21-12-5-4-6-14-23-2)22-13-7-15-24-17-10-8-16(19)9-11-17/h8-11H,3-7,12-15H2,1-2H3,(H2,20,21,22). The van der Waals surface area contributed by atoms with Crippen LogP contribution in [0.25, 0.3) is 0 Å². The maximum absolute atomic E-state index is 12.8. The van der Waals surface area contributed by atoms with Crippen LogP contribution in [0.4, 0.5) is 4.39 Å². The Balaban J connectivity index is 2.16. The van der Waals surface area contributed by atoms with E-state index in [4.69, 9.17) is 4.74 Å². The molecule has 6 heteroatoms. The van der Waals surface area contributed by atoms with Crippen LogP contribution in [0.3, 0.4) is 0 Å². The molecule has 1 rings (SSSR count). The lowest BCUT2D eigenvalue weighted by Crippen LogP contribution is -2.37. The SMILES string of the molecule is CCNC(=NCCCSc1ccc(F)cc1)NCCCCCOC. The molecule has 0 saturated heterocycles. The molecule has 0 radical (unpaired) electrons. The van der Waals surface area contributed by atoms with Gasteiger partial charge in [-0.2, -0.15) is 0 Å². The van der Waals surface area contributed by atoms with Crippen LogP contribution >= 0.6 is 11.8 Å². The number of methoxy groups -OCH3 is 1. The Bertz CT molecular complexity index is 454. The summed E-state index contributed by atoms with van der Waals surface area (Å²) >= 11 is 1.73. The molecule has 0 saturated carbocycles. The predicted octanol–water partition coefficient (Wildman–Crippen LogP) is 3.68. The fourth-order valence-electron chi connectivity index (χ4n) is 2.07. The molecule has 1 aromatic carbocycles. The third-order valence-electron chi connectivity index (χ3n) is 3.32. The number of ether oxygens (including phenoxy) is 1. The number of hydrogen-bond acceptors (Lipinski definition) is 3. The third-order valence-corrected chi connectivity index (χ3v) is 4.41. The maximum Gasteiger partial charge on any atom is 0.191 e. The third kappa shape index (κ3) is 10.5. The molecule has 0 aliphatic carbocycles. The van der Waals surface area contributed by atoms with Gasteiger partial charge in [0.2, 0.25) is 0 Å². The predicted molar refractivity (Wildman–Crippen MR) is 101 cm³/mol. The average Bonchev–Trinajstić information content (AvgIpc) is 2.59. The van der Waals surface area contributed by atoms with E-state index in [1.165, 1.54) is 12.1 Å². The zero-order valence-electron chi connectivity index (χ0n) is 14.8. The van der Waals surface area contributed by atoms with E-state index < -0.39 is 0 Å². The number of guanidine groups is 1. The Morgan fingerprint density at radius 1 is 1.12 bits per heavy atom. The van der Waals surface area contributed by atoms with E-state index in [1.807, 2.05) is 12.1 Å². The van der Waals surface area contributed by atoms with Gasteiger partial charge in [-0.3, -0.25) is 4.99 Å². The highest BCUT2D eigenvalue weighted by molar-refractivity contribution is 7.99. The van der Waals surface area contributed by atoms with Gasteiger partial charge in [0.1, 0.15) is 5.82 Å². The van der Waals surface area contributed by atoms with Gasteiger partial charge >= 0.3 is 0 Å². The van der Waals surface area contributed by atoms with Crippen LogP contribution in [0.5, 0.6) is 0 Å². The van der Waals surface area contributed by atoms with Crippen molar-refractivity contribution >= 4 is 17.7 Å². The minimum atomic E-state index is -0.187. The number of rotatable bonds is 12. The minimum absolute atomic E-state index is 0.187. The van der Waals surface area contributed by atoms with Crippen LogP contribution in [0.1, 0.15) is 32.6 Å². The van der Waals surface area contributed by atoms with E-state index in [-0.39, 0.29) is 5.82 Å². The van der Waals surface area contributed by atoms with Crippen molar-refractivity contribution in [3.8, 4) is 0 Å². The smallest absolute Gasteiger partial charge is 0.191 e. The second kappa shape index (κ2) is 14.1. The highest BCUT2D eigenvalue weighted by Gasteiger charge is 1.98. The topological polar surface area (TPSA) is 45.7 Å². The highest BCUT2D eigenvalue weighted by Crippen LogP contribution is 2.18. The molecule has 0 aromatic heterocycles. The normalized spacial score (nSPS) is 11.5. The molecular weight excluding hydrogens is 325 g/mol. The van der Waals surface area contributed by atoms with E-state index in [1.54, 1.807) is 18.9 Å². The monoisotopic (exact) mass is 355 g/mol. The van der Waals surface area contributed by atoms with Crippen molar-refractivity contribution in [2.24, 2.45) is 4.99 Å². The van der Waals surface area contributed by atoms with Crippen LogP contribution in [0.2, 0.25) is 0 Å². The van der Waals surface area contributed by atoms with Gasteiger partial charge in [-0.05, 0) is 62.6 Å². The number of unbranched alkanes of at least 4 members (excludes halogenated alkanes) is 2. The van der Waals surface area contributed by atoms with E-state index in [0.717, 1.165) is 68.5 Å². The summed E-state index contributed by atoms with van der Waals surface area (Å²) in [5.74, 6) is 1.68. The quantitative estimate of drug-likeness (QED) is 0.260. The zero-order valence-corrected chi connectivity index (χ0v) is 15.6. The lowest BCUT2D eigenvalue weighted by atomic mass is 10.2. The van der Waals surface area contributed by atoms with Gasteiger partial charge in [0.25, 0.3) is 0 Å². The Hall–Kier alpha value is -1.27. The summed E-state index contributed by atoms with van der Waals surface area (Å²) in [5, 5.41) is 6.63.